The predicted octanol–water partition coefficient (Wildman–Crippen LogP) is 17.4. The van der Waals surface area contributed by atoms with Crippen LogP contribution >= 0.6 is 0 Å². The highest BCUT2D eigenvalue weighted by molar-refractivity contribution is 5.05. The Morgan fingerprint density at radius 2 is 0.788 bits per heavy atom. The monoisotopic (exact) mass is 912 g/mol. The van der Waals surface area contributed by atoms with Gasteiger partial charge in [-0.3, -0.25) is 4.90 Å². The average Bonchev–Trinajstić information content (AvgIpc) is 3.75. The Hall–Kier alpha value is -0.120. The molecule has 0 aromatic heterocycles. The van der Waals surface area contributed by atoms with Crippen molar-refractivity contribution >= 4 is 0 Å². The van der Waals surface area contributed by atoms with Crippen LogP contribution in [0.1, 0.15) is 271 Å². The topological polar surface area (TPSA) is 32.7 Å². The Kier molecular flexibility index (Phi) is 18.0. The Morgan fingerprint density at radius 1 is 0.318 bits per heavy atom. The maximum Gasteiger partial charge on any atom is 0.111 e. The van der Waals surface area contributed by atoms with Gasteiger partial charge in [-0.05, 0) is 230 Å². The molecule has 0 spiro atoms. The van der Waals surface area contributed by atoms with Crippen molar-refractivity contribution in [1.82, 2.24) is 4.90 Å². The van der Waals surface area contributed by atoms with Crippen molar-refractivity contribution in [3.63, 3.8) is 0 Å². The van der Waals surface area contributed by atoms with E-state index in [4.69, 9.17) is 4.74 Å². The summed E-state index contributed by atoms with van der Waals surface area (Å²) in [6, 6.07) is 1.64. The van der Waals surface area contributed by atoms with Crippen LogP contribution in [0.3, 0.4) is 0 Å². The molecule has 12 fully saturated rings. The molecule has 0 amide bonds. The number of aliphatic hydroxyl groups excluding tert-OH is 1. The first-order valence-corrected chi connectivity index (χ1v) is 31.6. The molecule has 66 heavy (non-hydrogen) atoms. The third-order valence-electron chi connectivity index (χ3n) is 23.9. The molecule has 0 aromatic rings. The van der Waals surface area contributed by atoms with Crippen molar-refractivity contribution in [2.45, 2.75) is 295 Å². The molecule has 11 saturated carbocycles. The number of hydrogen-bond donors (Lipinski definition) is 1. The van der Waals surface area contributed by atoms with Crippen molar-refractivity contribution in [3.05, 3.63) is 0 Å². The molecular weight excluding hydrogens is 803 g/mol. The average molecular weight is 913 g/mol. The molecule has 1 N–H and O–H groups in total. The normalized spacial score (nSPS) is 47.7. The van der Waals surface area contributed by atoms with Gasteiger partial charge in [-0.2, -0.15) is 0 Å². The molecule has 0 bridgehead atoms. The zero-order valence-corrected chi connectivity index (χ0v) is 43.8. The zero-order valence-electron chi connectivity index (χ0n) is 43.8. The molecule has 12 rings (SSSR count). The van der Waals surface area contributed by atoms with E-state index in [1.54, 1.807) is 38.5 Å². The highest BCUT2D eigenvalue weighted by Crippen LogP contribution is 2.59. The summed E-state index contributed by atoms with van der Waals surface area (Å²) in [5.74, 6) is 15.9. The summed E-state index contributed by atoms with van der Waals surface area (Å²) in [5, 5.41) is 10.6. The van der Waals surface area contributed by atoms with Crippen LogP contribution in [0, 0.1) is 94.7 Å². The second-order valence-corrected chi connectivity index (χ2v) is 27.4. The molecule has 0 radical (unpaired) electrons. The molecule has 15 unspecified atom stereocenters. The van der Waals surface area contributed by atoms with Crippen LogP contribution in [0.4, 0.5) is 0 Å². The van der Waals surface area contributed by atoms with Gasteiger partial charge in [0, 0.05) is 18.7 Å². The molecule has 12 aliphatic rings. The number of hydrogen-bond acceptors (Lipinski definition) is 3. The molecule has 11 aliphatic carbocycles. The maximum absolute atomic E-state index is 10.6. The number of nitrogens with zero attached hydrogens (tertiary/aromatic N) is 1. The quantitative estimate of drug-likeness (QED) is 0.305. The zero-order chi connectivity index (χ0) is 44.8. The maximum atomic E-state index is 10.6. The van der Waals surface area contributed by atoms with E-state index in [0.717, 1.165) is 114 Å². The third kappa shape index (κ3) is 11.7. The van der Waals surface area contributed by atoms with Crippen LogP contribution < -0.4 is 0 Å². The van der Waals surface area contributed by atoms with E-state index in [1.165, 1.54) is 212 Å². The number of rotatable bonds is 4. The Bertz CT molecular complexity index is 1400. The minimum atomic E-state index is 0.0432. The third-order valence-corrected chi connectivity index (χ3v) is 23.9. The first kappa shape index (κ1) is 49.5. The number of ether oxygens (including phenoxy) is 1. The summed E-state index contributed by atoms with van der Waals surface area (Å²) < 4.78 is 6.87. The first-order valence-electron chi connectivity index (χ1n) is 31.6. The first-order chi connectivity index (χ1) is 32.5. The summed E-state index contributed by atoms with van der Waals surface area (Å²) in [7, 11) is 0. The fourth-order valence-electron chi connectivity index (χ4n) is 20.5. The highest BCUT2D eigenvalue weighted by Gasteiger charge is 2.54. The van der Waals surface area contributed by atoms with E-state index in [2.05, 4.69) is 18.7 Å². The van der Waals surface area contributed by atoms with Gasteiger partial charge < -0.3 is 9.84 Å². The number of aliphatic hydroxyl groups is 1. The largest absolute Gasteiger partial charge is 0.393 e. The summed E-state index contributed by atoms with van der Waals surface area (Å²) >= 11 is 0. The van der Waals surface area contributed by atoms with Crippen LogP contribution in [0.2, 0.25) is 0 Å². The second kappa shape index (κ2) is 24.1. The molecule has 1 aliphatic heterocycles. The van der Waals surface area contributed by atoms with Gasteiger partial charge in [0.2, 0.25) is 0 Å². The molecule has 3 heteroatoms. The van der Waals surface area contributed by atoms with Crippen LogP contribution in [-0.2, 0) is 4.74 Å². The van der Waals surface area contributed by atoms with Crippen molar-refractivity contribution in [1.29, 1.82) is 0 Å². The second-order valence-electron chi connectivity index (χ2n) is 27.4. The smallest absolute Gasteiger partial charge is 0.111 e. The lowest BCUT2D eigenvalue weighted by Gasteiger charge is -2.60. The molecule has 1 saturated heterocycles. The molecule has 1 heterocycles. The van der Waals surface area contributed by atoms with Gasteiger partial charge in [0.1, 0.15) is 6.23 Å². The molecule has 378 valence electrons. The lowest BCUT2D eigenvalue weighted by atomic mass is 9.50. The Labute approximate surface area is 409 Å². The van der Waals surface area contributed by atoms with Gasteiger partial charge in [-0.15, -0.1) is 0 Å². The summed E-state index contributed by atoms with van der Waals surface area (Å²) in [6.07, 6.45) is 59.6. The predicted molar refractivity (Wildman–Crippen MR) is 277 cm³/mol. The van der Waals surface area contributed by atoms with Gasteiger partial charge in [0.15, 0.2) is 0 Å². The van der Waals surface area contributed by atoms with Crippen LogP contribution in [0.25, 0.3) is 0 Å². The minimum absolute atomic E-state index is 0.0432. The Morgan fingerprint density at radius 3 is 1.50 bits per heavy atom. The molecule has 0 aromatic carbocycles. The summed E-state index contributed by atoms with van der Waals surface area (Å²) in [5.41, 5.74) is 0. The highest BCUT2D eigenvalue weighted by atomic mass is 16.5. The van der Waals surface area contributed by atoms with Crippen molar-refractivity contribution in [2.75, 3.05) is 6.61 Å². The van der Waals surface area contributed by atoms with Gasteiger partial charge in [-0.1, -0.05) is 136 Å². The van der Waals surface area contributed by atoms with Crippen molar-refractivity contribution in [3.8, 4) is 0 Å². The van der Waals surface area contributed by atoms with Crippen molar-refractivity contribution in [2.24, 2.45) is 94.7 Å². The lowest BCUT2D eigenvalue weighted by molar-refractivity contribution is -0.159. The van der Waals surface area contributed by atoms with E-state index in [1.807, 2.05) is 0 Å². The Balaban J connectivity index is 0.000000156. The minimum Gasteiger partial charge on any atom is -0.393 e. The van der Waals surface area contributed by atoms with E-state index in [-0.39, 0.29) is 6.10 Å². The van der Waals surface area contributed by atoms with Gasteiger partial charge in [0.25, 0.3) is 0 Å². The van der Waals surface area contributed by atoms with E-state index < -0.39 is 0 Å². The molecule has 15 atom stereocenters. The van der Waals surface area contributed by atoms with Crippen LogP contribution in [0.15, 0.2) is 0 Å². The standard InChI is InChI=1S/C37H63NO.C19H32O.C7H14/c1-26-14-16-27(17-15-26)28-18-21-30(22-19-28)38(37-13-3-2-8-24-39-37)36-25-35-31-10-5-4-9-29(31)20-23-33(35)32-11-6-7-12-34(32)36;20-19-12-15-11-14-6-2-1-5-13(14)9-10-16(15)17-7-3-4-8-18(17)19;1-7-5-3-2-4-6-7/h26-37H,2-25H2,1H3;13-20H,1-12H2;7H,2-6H2,1H3. The molecular formula is C63H109NO2. The van der Waals surface area contributed by atoms with E-state index >= 15 is 0 Å². The summed E-state index contributed by atoms with van der Waals surface area (Å²) in [4.78, 5) is 3.19. The number of fused-ring (bicyclic) bond motifs is 9. The fraction of sp³-hybridized carbons (Fsp3) is 1.00. The van der Waals surface area contributed by atoms with E-state index in [9.17, 15) is 5.11 Å². The van der Waals surface area contributed by atoms with Gasteiger partial charge >= 0.3 is 0 Å². The molecule has 3 nitrogen and oxygen atoms in total. The van der Waals surface area contributed by atoms with Crippen LogP contribution in [-0.4, -0.2) is 41.0 Å². The lowest BCUT2D eigenvalue weighted by Crippen LogP contribution is -2.60. The van der Waals surface area contributed by atoms with Gasteiger partial charge in [-0.25, -0.2) is 0 Å². The van der Waals surface area contributed by atoms with E-state index in [0.29, 0.717) is 12.1 Å². The van der Waals surface area contributed by atoms with Crippen LogP contribution in [0.5, 0.6) is 0 Å². The fourth-order valence-corrected chi connectivity index (χ4v) is 20.5. The summed E-state index contributed by atoms with van der Waals surface area (Å²) in [6.45, 7) is 5.88. The SMILES string of the molecule is CC1CCC(C2CCC(N(C3CCCCCO3)C3CC4C5CCCCC5CCC4C4CCCCC43)CC2)CC1.CC1CCCCC1.OC1CC2CC3CCCCC3CCC2C2CCCCC12. The van der Waals surface area contributed by atoms with Crippen molar-refractivity contribution < 1.29 is 9.84 Å². The van der Waals surface area contributed by atoms with Gasteiger partial charge in [0.05, 0.1) is 6.10 Å².